The van der Waals surface area contributed by atoms with Gasteiger partial charge in [-0.1, -0.05) is 30.3 Å². The first-order valence-electron chi connectivity index (χ1n) is 9.27. The molecule has 0 atom stereocenters. The molecule has 2 saturated heterocycles. The number of aryl methyl sites for hydroxylation is 1. The second-order valence-corrected chi connectivity index (χ2v) is 7.47. The van der Waals surface area contributed by atoms with E-state index in [1.165, 1.54) is 5.56 Å². The van der Waals surface area contributed by atoms with Crippen LogP contribution in [0.25, 0.3) is 0 Å². The molecule has 138 valence electrons. The average Bonchev–Trinajstić information content (AvgIpc) is 2.64. The highest BCUT2D eigenvalue weighted by atomic mass is 16.5. The fourth-order valence-electron chi connectivity index (χ4n) is 4.00. The number of hydrogen-bond donors (Lipinski definition) is 0. The van der Waals surface area contributed by atoms with Crippen molar-refractivity contribution in [1.82, 2.24) is 14.8 Å². The number of ether oxygens (including phenoxy) is 2. The van der Waals surface area contributed by atoms with Gasteiger partial charge in [0.1, 0.15) is 5.75 Å². The summed E-state index contributed by atoms with van der Waals surface area (Å²) in [6.45, 7) is 8.63. The number of aromatic nitrogens is 1. The lowest BCUT2D eigenvalue weighted by atomic mass is 9.90. The minimum Gasteiger partial charge on any atom is -0.496 e. The van der Waals surface area contributed by atoms with Crippen LogP contribution in [-0.2, 0) is 17.8 Å². The Kier molecular flexibility index (Phi) is 4.94. The van der Waals surface area contributed by atoms with Crippen molar-refractivity contribution in [1.29, 1.82) is 0 Å². The van der Waals surface area contributed by atoms with E-state index in [0.29, 0.717) is 0 Å². The average molecular weight is 353 g/mol. The molecule has 2 aliphatic rings. The van der Waals surface area contributed by atoms with Gasteiger partial charge in [-0.2, -0.15) is 0 Å². The smallest absolute Gasteiger partial charge is 0.126 e. The number of piperazine rings is 1. The van der Waals surface area contributed by atoms with Crippen LogP contribution in [-0.4, -0.2) is 60.3 Å². The molecule has 2 aliphatic heterocycles. The topological polar surface area (TPSA) is 37.8 Å². The molecule has 0 bridgehead atoms. The van der Waals surface area contributed by atoms with E-state index in [0.717, 1.165) is 62.9 Å². The lowest BCUT2D eigenvalue weighted by molar-refractivity contribution is -0.173. The summed E-state index contributed by atoms with van der Waals surface area (Å²) in [6.07, 6.45) is 1.95. The van der Waals surface area contributed by atoms with E-state index in [1.54, 1.807) is 7.11 Å². The zero-order chi connectivity index (χ0) is 18.0. The van der Waals surface area contributed by atoms with Crippen LogP contribution in [0.4, 0.5) is 0 Å². The van der Waals surface area contributed by atoms with E-state index in [9.17, 15) is 0 Å². The number of nitrogens with zero attached hydrogens (tertiary/aromatic N) is 3. The maximum absolute atomic E-state index is 5.64. The predicted molar refractivity (Wildman–Crippen MR) is 101 cm³/mol. The summed E-state index contributed by atoms with van der Waals surface area (Å²) in [4.78, 5) is 9.57. The first kappa shape index (κ1) is 17.5. The van der Waals surface area contributed by atoms with E-state index >= 15 is 0 Å². The molecule has 5 nitrogen and oxygen atoms in total. The second kappa shape index (κ2) is 7.35. The summed E-state index contributed by atoms with van der Waals surface area (Å²) in [7, 11) is 1.73. The van der Waals surface area contributed by atoms with Gasteiger partial charge in [-0.05, 0) is 12.5 Å². The van der Waals surface area contributed by atoms with E-state index in [1.807, 2.05) is 19.2 Å². The van der Waals surface area contributed by atoms with Crippen LogP contribution >= 0.6 is 0 Å². The van der Waals surface area contributed by atoms with E-state index in [-0.39, 0.29) is 5.54 Å². The first-order chi connectivity index (χ1) is 12.7. The van der Waals surface area contributed by atoms with E-state index < -0.39 is 0 Å². The van der Waals surface area contributed by atoms with Crippen molar-refractivity contribution < 1.29 is 9.47 Å². The van der Waals surface area contributed by atoms with Crippen molar-refractivity contribution >= 4 is 0 Å². The number of hydrogen-bond acceptors (Lipinski definition) is 5. The summed E-state index contributed by atoms with van der Waals surface area (Å²) < 4.78 is 11.2. The SMILES string of the molecule is COc1cc(C)ncc1CN1CCN(Cc2ccccc2)C2(COC2)C1. The second-order valence-electron chi connectivity index (χ2n) is 7.47. The largest absolute Gasteiger partial charge is 0.496 e. The monoisotopic (exact) mass is 353 g/mol. The number of methoxy groups -OCH3 is 1. The Balaban J connectivity index is 1.46. The third kappa shape index (κ3) is 3.47. The Bertz CT molecular complexity index is 746. The maximum atomic E-state index is 5.64. The normalized spacial score (nSPS) is 20.1. The van der Waals surface area contributed by atoms with Crippen LogP contribution in [0.3, 0.4) is 0 Å². The van der Waals surface area contributed by atoms with Crippen molar-refractivity contribution in [3.05, 3.63) is 59.4 Å². The highest BCUT2D eigenvalue weighted by Crippen LogP contribution is 2.32. The number of pyridine rings is 1. The maximum Gasteiger partial charge on any atom is 0.126 e. The molecule has 3 heterocycles. The summed E-state index contributed by atoms with van der Waals surface area (Å²) in [5, 5.41) is 0. The van der Waals surface area contributed by atoms with Crippen molar-refractivity contribution in [2.75, 3.05) is 40.0 Å². The lowest BCUT2D eigenvalue weighted by Gasteiger charge is -2.55. The molecule has 1 aromatic carbocycles. The fourth-order valence-corrected chi connectivity index (χ4v) is 4.00. The van der Waals surface area contributed by atoms with Gasteiger partial charge in [-0.3, -0.25) is 14.8 Å². The van der Waals surface area contributed by atoms with Gasteiger partial charge in [0.15, 0.2) is 0 Å². The quantitative estimate of drug-likeness (QED) is 0.826. The Morgan fingerprint density at radius 3 is 2.65 bits per heavy atom. The molecule has 4 rings (SSSR count). The van der Waals surface area contributed by atoms with E-state index in [4.69, 9.17) is 9.47 Å². The molecule has 26 heavy (non-hydrogen) atoms. The molecule has 1 aromatic heterocycles. The molecule has 0 radical (unpaired) electrons. The van der Waals surface area contributed by atoms with Crippen LogP contribution < -0.4 is 4.74 Å². The Morgan fingerprint density at radius 1 is 1.15 bits per heavy atom. The summed E-state index contributed by atoms with van der Waals surface area (Å²) in [5.41, 5.74) is 3.66. The van der Waals surface area contributed by atoms with Crippen LogP contribution in [0.5, 0.6) is 5.75 Å². The Hall–Kier alpha value is -1.95. The van der Waals surface area contributed by atoms with Crippen molar-refractivity contribution in [2.45, 2.75) is 25.6 Å². The van der Waals surface area contributed by atoms with Crippen LogP contribution in [0.2, 0.25) is 0 Å². The Labute approximate surface area is 155 Å². The minimum atomic E-state index is 0.138. The van der Waals surface area contributed by atoms with Crippen molar-refractivity contribution in [2.24, 2.45) is 0 Å². The molecular formula is C21H27N3O2. The Morgan fingerprint density at radius 2 is 1.96 bits per heavy atom. The number of benzene rings is 1. The summed E-state index contributed by atoms with van der Waals surface area (Å²) in [6, 6.07) is 12.7. The zero-order valence-corrected chi connectivity index (χ0v) is 15.6. The fraction of sp³-hybridized carbons (Fsp3) is 0.476. The molecule has 0 amide bonds. The highest BCUT2D eigenvalue weighted by Gasteiger charge is 2.47. The molecule has 1 spiro atoms. The summed E-state index contributed by atoms with van der Waals surface area (Å²) >= 11 is 0. The number of rotatable bonds is 5. The predicted octanol–water partition coefficient (Wildman–Crippen LogP) is 2.49. The van der Waals surface area contributed by atoms with Gasteiger partial charge in [-0.15, -0.1) is 0 Å². The minimum absolute atomic E-state index is 0.138. The van der Waals surface area contributed by atoms with Crippen molar-refractivity contribution in [3.63, 3.8) is 0 Å². The summed E-state index contributed by atoms with van der Waals surface area (Å²) in [5.74, 6) is 0.933. The van der Waals surface area contributed by atoms with Crippen molar-refractivity contribution in [3.8, 4) is 5.75 Å². The third-order valence-electron chi connectivity index (χ3n) is 5.53. The van der Waals surface area contributed by atoms with E-state index in [2.05, 4.69) is 45.1 Å². The van der Waals surface area contributed by atoms with Gasteiger partial charge >= 0.3 is 0 Å². The molecule has 0 unspecified atom stereocenters. The van der Waals surface area contributed by atoms with Gasteiger partial charge in [0.05, 0.1) is 25.9 Å². The molecule has 0 aliphatic carbocycles. The van der Waals surface area contributed by atoms with Gasteiger partial charge in [0, 0.05) is 56.2 Å². The van der Waals surface area contributed by atoms with Crippen LogP contribution in [0.1, 0.15) is 16.8 Å². The van der Waals surface area contributed by atoms with Crippen LogP contribution in [0.15, 0.2) is 42.6 Å². The third-order valence-corrected chi connectivity index (χ3v) is 5.53. The molecular weight excluding hydrogens is 326 g/mol. The molecule has 0 N–H and O–H groups in total. The van der Waals surface area contributed by atoms with Gasteiger partial charge < -0.3 is 9.47 Å². The lowest BCUT2D eigenvalue weighted by Crippen LogP contribution is -2.70. The van der Waals surface area contributed by atoms with Gasteiger partial charge in [-0.25, -0.2) is 0 Å². The molecule has 0 saturated carbocycles. The highest BCUT2D eigenvalue weighted by molar-refractivity contribution is 5.33. The molecule has 2 aromatic rings. The van der Waals surface area contributed by atoms with Crippen LogP contribution in [0, 0.1) is 6.92 Å². The van der Waals surface area contributed by atoms with Gasteiger partial charge in [0.2, 0.25) is 0 Å². The van der Waals surface area contributed by atoms with Gasteiger partial charge in [0.25, 0.3) is 0 Å². The first-order valence-corrected chi connectivity index (χ1v) is 9.27. The molecule has 5 heteroatoms. The molecule has 2 fully saturated rings. The zero-order valence-electron chi connectivity index (χ0n) is 15.6. The standard InChI is InChI=1S/C21H27N3O2/c1-17-10-20(25-2)19(11-22-17)13-23-8-9-24(21(14-23)15-26-16-21)12-18-6-4-3-5-7-18/h3-7,10-11H,8-9,12-16H2,1-2H3.